The van der Waals surface area contributed by atoms with E-state index in [-0.39, 0.29) is 0 Å². The van der Waals surface area contributed by atoms with Gasteiger partial charge in [0.2, 0.25) is 11.1 Å². The number of hydrogen-bond acceptors (Lipinski definition) is 5. The number of aromatic nitrogens is 4. The molecule has 1 amide bonds. The van der Waals surface area contributed by atoms with Crippen molar-refractivity contribution < 1.29 is 4.79 Å². The summed E-state index contributed by atoms with van der Waals surface area (Å²) in [5.74, 6) is -0.411. The number of thioether (sulfide) groups is 1. The molecule has 94 valence electrons. The molecule has 8 heteroatoms. The lowest BCUT2D eigenvalue weighted by Gasteiger charge is -2.07. The predicted molar refractivity (Wildman–Crippen MR) is 68.7 cm³/mol. The van der Waals surface area contributed by atoms with E-state index in [1.54, 1.807) is 31.2 Å². The SMILES string of the molecule is C[C@@H](Sc1nnnn1-c1ccc(Cl)cc1)C(N)=O. The van der Waals surface area contributed by atoms with E-state index in [1.165, 1.54) is 16.4 Å². The van der Waals surface area contributed by atoms with E-state index in [0.717, 1.165) is 5.69 Å². The van der Waals surface area contributed by atoms with Crippen molar-refractivity contribution in [3.63, 3.8) is 0 Å². The smallest absolute Gasteiger partial charge is 0.230 e. The number of carbonyl (C=O) groups is 1. The van der Waals surface area contributed by atoms with Crippen LogP contribution in [0.5, 0.6) is 0 Å². The molecule has 0 saturated carbocycles. The van der Waals surface area contributed by atoms with Crippen molar-refractivity contribution in [2.24, 2.45) is 5.73 Å². The molecule has 1 aromatic carbocycles. The van der Waals surface area contributed by atoms with Crippen LogP contribution < -0.4 is 5.73 Å². The lowest BCUT2D eigenvalue weighted by atomic mass is 10.3. The fourth-order valence-electron chi connectivity index (χ4n) is 1.21. The van der Waals surface area contributed by atoms with Crippen LogP contribution in [-0.4, -0.2) is 31.4 Å². The first kappa shape index (κ1) is 12.8. The number of nitrogens with zero attached hydrogens (tertiary/aromatic N) is 4. The molecule has 0 aliphatic carbocycles. The number of halogens is 1. The molecule has 0 saturated heterocycles. The highest BCUT2D eigenvalue weighted by Crippen LogP contribution is 2.23. The Morgan fingerprint density at radius 1 is 1.44 bits per heavy atom. The van der Waals surface area contributed by atoms with Crippen LogP contribution in [-0.2, 0) is 4.79 Å². The zero-order chi connectivity index (χ0) is 13.1. The molecule has 0 unspecified atom stereocenters. The van der Waals surface area contributed by atoms with Crippen molar-refractivity contribution in [3.05, 3.63) is 29.3 Å². The molecule has 1 aromatic heterocycles. The fourth-order valence-corrected chi connectivity index (χ4v) is 2.10. The van der Waals surface area contributed by atoms with E-state index in [4.69, 9.17) is 17.3 Å². The molecular formula is C10H10ClN5OS. The summed E-state index contributed by atoms with van der Waals surface area (Å²) in [4.78, 5) is 11.0. The summed E-state index contributed by atoms with van der Waals surface area (Å²) in [6.07, 6.45) is 0. The molecule has 2 N–H and O–H groups in total. The maximum absolute atomic E-state index is 11.0. The van der Waals surface area contributed by atoms with Gasteiger partial charge in [-0.25, -0.2) is 0 Å². The number of primary amides is 1. The summed E-state index contributed by atoms with van der Waals surface area (Å²) in [7, 11) is 0. The molecule has 0 radical (unpaired) electrons. The minimum absolute atomic E-state index is 0.401. The van der Waals surface area contributed by atoms with E-state index >= 15 is 0 Å². The molecular weight excluding hydrogens is 274 g/mol. The first-order valence-electron chi connectivity index (χ1n) is 5.08. The van der Waals surface area contributed by atoms with E-state index in [2.05, 4.69) is 15.5 Å². The van der Waals surface area contributed by atoms with Crippen LogP contribution >= 0.6 is 23.4 Å². The average Bonchev–Trinajstić information content (AvgIpc) is 2.78. The largest absolute Gasteiger partial charge is 0.369 e. The number of carbonyl (C=O) groups excluding carboxylic acids is 1. The van der Waals surface area contributed by atoms with Crippen LogP contribution in [0.3, 0.4) is 0 Å². The first-order chi connectivity index (χ1) is 8.58. The van der Waals surface area contributed by atoms with E-state index < -0.39 is 11.2 Å². The predicted octanol–water partition coefficient (Wildman–Crippen LogP) is 1.28. The van der Waals surface area contributed by atoms with Gasteiger partial charge < -0.3 is 5.73 Å². The van der Waals surface area contributed by atoms with Crippen molar-refractivity contribution in [1.29, 1.82) is 0 Å². The summed E-state index contributed by atoms with van der Waals surface area (Å²) >= 11 is 7.01. The standard InChI is InChI=1S/C10H10ClN5OS/c1-6(9(12)17)18-10-13-14-15-16(10)8-4-2-7(11)3-5-8/h2-6H,1H3,(H2,12,17)/t6-/m1/s1. The Morgan fingerprint density at radius 3 is 2.72 bits per heavy atom. The molecule has 0 spiro atoms. The molecule has 0 aliphatic rings. The molecule has 0 fully saturated rings. The van der Waals surface area contributed by atoms with E-state index in [1.807, 2.05) is 0 Å². The number of benzene rings is 1. The lowest BCUT2D eigenvalue weighted by molar-refractivity contribution is -0.117. The van der Waals surface area contributed by atoms with Crippen LogP contribution in [0.15, 0.2) is 29.4 Å². The van der Waals surface area contributed by atoms with Gasteiger partial charge in [-0.3, -0.25) is 4.79 Å². The van der Waals surface area contributed by atoms with Crippen molar-refractivity contribution in [3.8, 4) is 5.69 Å². The van der Waals surface area contributed by atoms with Gasteiger partial charge in [-0.2, -0.15) is 4.68 Å². The zero-order valence-corrected chi connectivity index (χ0v) is 11.0. The molecule has 6 nitrogen and oxygen atoms in total. The molecule has 1 heterocycles. The third-order valence-corrected chi connectivity index (χ3v) is 3.50. The van der Waals surface area contributed by atoms with Gasteiger partial charge in [0.05, 0.1) is 10.9 Å². The minimum Gasteiger partial charge on any atom is -0.369 e. The minimum atomic E-state index is -0.411. The number of amides is 1. The maximum atomic E-state index is 11.0. The quantitative estimate of drug-likeness (QED) is 0.854. The number of nitrogens with two attached hydrogens (primary N) is 1. The Hall–Kier alpha value is -1.60. The second-order valence-corrected chi connectivity index (χ2v) is 5.26. The van der Waals surface area contributed by atoms with Gasteiger partial charge in [0, 0.05) is 5.02 Å². The summed E-state index contributed by atoms with van der Waals surface area (Å²) in [6.45, 7) is 1.70. The third kappa shape index (κ3) is 2.80. The fraction of sp³-hybridized carbons (Fsp3) is 0.200. The zero-order valence-electron chi connectivity index (χ0n) is 9.45. The van der Waals surface area contributed by atoms with Gasteiger partial charge in [-0.15, -0.1) is 5.10 Å². The van der Waals surface area contributed by atoms with E-state index in [0.29, 0.717) is 10.2 Å². The maximum Gasteiger partial charge on any atom is 0.230 e. The van der Waals surface area contributed by atoms with Crippen LogP contribution in [0.25, 0.3) is 5.69 Å². The number of tetrazole rings is 1. The van der Waals surface area contributed by atoms with Crippen LogP contribution in [0, 0.1) is 0 Å². The van der Waals surface area contributed by atoms with Crippen molar-refractivity contribution in [2.75, 3.05) is 0 Å². The Balaban J connectivity index is 2.27. The Morgan fingerprint density at radius 2 is 2.11 bits per heavy atom. The topological polar surface area (TPSA) is 86.7 Å². The molecule has 2 aromatic rings. The van der Waals surface area contributed by atoms with Crippen LogP contribution in [0.1, 0.15) is 6.92 Å². The average molecular weight is 284 g/mol. The van der Waals surface area contributed by atoms with E-state index in [9.17, 15) is 4.79 Å². The second-order valence-electron chi connectivity index (χ2n) is 3.51. The van der Waals surface area contributed by atoms with Gasteiger partial charge in [-0.1, -0.05) is 23.4 Å². The second kappa shape index (κ2) is 5.36. The highest BCUT2D eigenvalue weighted by Gasteiger charge is 2.16. The summed E-state index contributed by atoms with van der Waals surface area (Å²) < 4.78 is 1.53. The molecule has 0 bridgehead atoms. The number of rotatable bonds is 4. The molecule has 0 aliphatic heterocycles. The lowest BCUT2D eigenvalue weighted by Crippen LogP contribution is -2.23. The van der Waals surface area contributed by atoms with Crippen LogP contribution in [0.4, 0.5) is 0 Å². The summed E-state index contributed by atoms with van der Waals surface area (Å²) in [5.41, 5.74) is 5.97. The first-order valence-corrected chi connectivity index (χ1v) is 6.34. The van der Waals surface area contributed by atoms with Crippen molar-refractivity contribution in [2.45, 2.75) is 17.3 Å². The van der Waals surface area contributed by atoms with Gasteiger partial charge in [0.15, 0.2) is 0 Å². The molecule has 18 heavy (non-hydrogen) atoms. The van der Waals surface area contributed by atoms with Crippen molar-refractivity contribution in [1.82, 2.24) is 20.2 Å². The van der Waals surface area contributed by atoms with Crippen molar-refractivity contribution >= 4 is 29.3 Å². The molecule has 2 rings (SSSR count). The highest BCUT2D eigenvalue weighted by molar-refractivity contribution is 8.00. The van der Waals surface area contributed by atoms with Crippen LogP contribution in [0.2, 0.25) is 5.02 Å². The Bertz CT molecular complexity index is 556. The Labute approximate surface area is 112 Å². The Kier molecular flexibility index (Phi) is 3.83. The van der Waals surface area contributed by atoms with Gasteiger partial charge in [0.25, 0.3) is 0 Å². The monoisotopic (exact) mass is 283 g/mol. The third-order valence-electron chi connectivity index (χ3n) is 2.19. The molecule has 1 atom stereocenters. The number of hydrogen-bond donors (Lipinski definition) is 1. The summed E-state index contributed by atoms with van der Waals surface area (Å²) in [5, 5.41) is 12.1. The normalized spacial score (nSPS) is 12.3. The van der Waals surface area contributed by atoms with Gasteiger partial charge >= 0.3 is 0 Å². The summed E-state index contributed by atoms with van der Waals surface area (Å²) in [6, 6.07) is 7.06. The van der Waals surface area contributed by atoms with Gasteiger partial charge in [-0.05, 0) is 41.6 Å². The highest BCUT2D eigenvalue weighted by atomic mass is 35.5. The van der Waals surface area contributed by atoms with Gasteiger partial charge in [0.1, 0.15) is 0 Å².